The summed E-state index contributed by atoms with van der Waals surface area (Å²) < 4.78 is 25.9. The quantitative estimate of drug-likeness (QED) is 0.832. The molecule has 0 aliphatic heterocycles. The van der Waals surface area contributed by atoms with Gasteiger partial charge in [0.15, 0.2) is 0 Å². The molecular formula is C10H10BrF2N. The highest BCUT2D eigenvalue weighted by Crippen LogP contribution is 2.21. The van der Waals surface area contributed by atoms with Crippen LogP contribution in [-0.2, 0) is 0 Å². The van der Waals surface area contributed by atoms with Gasteiger partial charge in [-0.25, -0.2) is 8.78 Å². The molecular weight excluding hydrogens is 252 g/mol. The van der Waals surface area contributed by atoms with Crippen LogP contribution in [0.15, 0.2) is 22.7 Å². The van der Waals surface area contributed by atoms with Crippen molar-refractivity contribution in [1.29, 1.82) is 0 Å². The van der Waals surface area contributed by atoms with Gasteiger partial charge in [0.05, 0.1) is 4.47 Å². The summed E-state index contributed by atoms with van der Waals surface area (Å²) in [4.78, 5) is 0. The first-order valence-electron chi connectivity index (χ1n) is 4.16. The van der Waals surface area contributed by atoms with Gasteiger partial charge in [0.1, 0.15) is 11.6 Å². The highest BCUT2D eigenvalue weighted by atomic mass is 79.9. The minimum absolute atomic E-state index is 0.131. The monoisotopic (exact) mass is 261 g/mol. The SMILES string of the molecule is NCCC=Cc1cc(F)c(Br)c(F)c1. The maximum Gasteiger partial charge on any atom is 0.140 e. The first-order chi connectivity index (χ1) is 6.65. The summed E-state index contributed by atoms with van der Waals surface area (Å²) in [7, 11) is 0. The van der Waals surface area contributed by atoms with Gasteiger partial charge in [0.2, 0.25) is 0 Å². The van der Waals surface area contributed by atoms with E-state index in [0.29, 0.717) is 18.5 Å². The second-order valence-electron chi connectivity index (χ2n) is 2.78. The van der Waals surface area contributed by atoms with E-state index >= 15 is 0 Å². The largest absolute Gasteiger partial charge is 0.330 e. The van der Waals surface area contributed by atoms with Gasteiger partial charge in [-0.1, -0.05) is 12.2 Å². The summed E-state index contributed by atoms with van der Waals surface area (Å²) >= 11 is 2.80. The molecule has 0 aliphatic rings. The predicted molar refractivity (Wildman–Crippen MR) is 56.8 cm³/mol. The second-order valence-corrected chi connectivity index (χ2v) is 3.57. The minimum atomic E-state index is -0.600. The van der Waals surface area contributed by atoms with Crippen LogP contribution in [0.1, 0.15) is 12.0 Å². The van der Waals surface area contributed by atoms with Crippen molar-refractivity contribution in [3.8, 4) is 0 Å². The molecule has 2 N–H and O–H groups in total. The predicted octanol–water partition coefficient (Wildman–Crippen LogP) is 3.09. The van der Waals surface area contributed by atoms with Crippen molar-refractivity contribution in [3.63, 3.8) is 0 Å². The van der Waals surface area contributed by atoms with E-state index in [-0.39, 0.29) is 4.47 Å². The van der Waals surface area contributed by atoms with Crippen LogP contribution in [0.3, 0.4) is 0 Å². The lowest BCUT2D eigenvalue weighted by atomic mass is 10.2. The van der Waals surface area contributed by atoms with E-state index < -0.39 is 11.6 Å². The van der Waals surface area contributed by atoms with Crippen LogP contribution in [0.25, 0.3) is 6.08 Å². The summed E-state index contributed by atoms with van der Waals surface area (Å²) in [6, 6.07) is 2.53. The lowest BCUT2D eigenvalue weighted by Gasteiger charge is -1.99. The van der Waals surface area contributed by atoms with Gasteiger partial charge >= 0.3 is 0 Å². The Bertz CT molecular complexity index is 327. The molecule has 0 bridgehead atoms. The molecule has 0 saturated carbocycles. The Morgan fingerprint density at radius 1 is 1.29 bits per heavy atom. The Balaban J connectivity index is 2.89. The van der Waals surface area contributed by atoms with Crippen molar-refractivity contribution in [1.82, 2.24) is 0 Å². The summed E-state index contributed by atoms with van der Waals surface area (Å²) in [5, 5.41) is 0. The first kappa shape index (κ1) is 11.3. The fourth-order valence-electron chi connectivity index (χ4n) is 0.987. The molecule has 1 nitrogen and oxygen atoms in total. The van der Waals surface area contributed by atoms with Crippen molar-refractivity contribution in [2.24, 2.45) is 5.73 Å². The van der Waals surface area contributed by atoms with Gasteiger partial charge in [-0.15, -0.1) is 0 Å². The Morgan fingerprint density at radius 3 is 2.36 bits per heavy atom. The van der Waals surface area contributed by atoms with Crippen LogP contribution >= 0.6 is 15.9 Å². The van der Waals surface area contributed by atoms with E-state index in [1.807, 2.05) is 0 Å². The Hall–Kier alpha value is -0.740. The summed E-state index contributed by atoms with van der Waals surface area (Å²) in [6.45, 7) is 0.526. The number of nitrogens with two attached hydrogens (primary N) is 1. The number of hydrogen-bond acceptors (Lipinski definition) is 1. The number of rotatable bonds is 3. The molecule has 1 aromatic carbocycles. The molecule has 0 heterocycles. The molecule has 0 fully saturated rings. The van der Waals surface area contributed by atoms with Crippen LogP contribution in [0.2, 0.25) is 0 Å². The first-order valence-corrected chi connectivity index (χ1v) is 4.95. The molecule has 4 heteroatoms. The van der Waals surface area contributed by atoms with Crippen LogP contribution in [0.5, 0.6) is 0 Å². The highest BCUT2D eigenvalue weighted by Gasteiger charge is 2.06. The van der Waals surface area contributed by atoms with E-state index in [1.54, 1.807) is 12.2 Å². The molecule has 14 heavy (non-hydrogen) atoms. The van der Waals surface area contributed by atoms with Gasteiger partial charge in [0, 0.05) is 0 Å². The Kier molecular flexibility index (Phi) is 4.22. The third-order valence-electron chi connectivity index (χ3n) is 1.65. The molecule has 0 atom stereocenters. The van der Waals surface area contributed by atoms with Crippen molar-refractivity contribution < 1.29 is 8.78 Å². The Labute approximate surface area is 89.7 Å². The molecule has 1 aromatic rings. The zero-order chi connectivity index (χ0) is 10.6. The third kappa shape index (κ3) is 2.89. The smallest absolute Gasteiger partial charge is 0.140 e. The average Bonchev–Trinajstić information content (AvgIpc) is 2.14. The van der Waals surface area contributed by atoms with Crippen LogP contribution < -0.4 is 5.73 Å². The molecule has 0 radical (unpaired) electrons. The fraction of sp³-hybridized carbons (Fsp3) is 0.200. The van der Waals surface area contributed by atoms with Crippen LogP contribution in [0, 0.1) is 11.6 Å². The van der Waals surface area contributed by atoms with Crippen molar-refractivity contribution in [2.75, 3.05) is 6.54 Å². The second kappa shape index (κ2) is 5.22. The molecule has 1 rings (SSSR count). The summed E-state index contributed by atoms with van der Waals surface area (Å²) in [5.41, 5.74) is 5.77. The van der Waals surface area contributed by atoms with E-state index in [4.69, 9.17) is 5.73 Å². The Morgan fingerprint density at radius 2 is 1.86 bits per heavy atom. The van der Waals surface area contributed by atoms with E-state index in [1.165, 1.54) is 12.1 Å². The molecule has 0 amide bonds. The number of hydrogen-bond donors (Lipinski definition) is 1. The van der Waals surface area contributed by atoms with Gasteiger partial charge in [-0.3, -0.25) is 0 Å². The van der Waals surface area contributed by atoms with Crippen molar-refractivity contribution in [3.05, 3.63) is 39.9 Å². The standard InChI is InChI=1S/C10H10BrF2N/c11-10-8(12)5-7(6-9(10)13)3-1-2-4-14/h1,3,5-6H,2,4,14H2. The summed E-state index contributed by atoms with van der Waals surface area (Å²) in [6.07, 6.45) is 4.12. The lowest BCUT2D eigenvalue weighted by molar-refractivity contribution is 0.571. The molecule has 0 saturated heterocycles. The fourth-order valence-corrected chi connectivity index (χ4v) is 1.22. The van der Waals surface area contributed by atoms with Gasteiger partial charge in [0.25, 0.3) is 0 Å². The average molecular weight is 262 g/mol. The zero-order valence-electron chi connectivity index (χ0n) is 7.43. The zero-order valence-corrected chi connectivity index (χ0v) is 9.02. The molecule has 0 unspecified atom stereocenters. The molecule has 76 valence electrons. The van der Waals surface area contributed by atoms with Gasteiger partial charge in [-0.2, -0.15) is 0 Å². The van der Waals surface area contributed by atoms with E-state index in [9.17, 15) is 8.78 Å². The topological polar surface area (TPSA) is 26.0 Å². The number of benzene rings is 1. The van der Waals surface area contributed by atoms with E-state index in [2.05, 4.69) is 15.9 Å². The third-order valence-corrected chi connectivity index (χ3v) is 2.41. The minimum Gasteiger partial charge on any atom is -0.330 e. The normalized spacial score (nSPS) is 11.1. The van der Waals surface area contributed by atoms with E-state index in [0.717, 1.165) is 0 Å². The highest BCUT2D eigenvalue weighted by molar-refractivity contribution is 9.10. The maximum absolute atomic E-state index is 13.0. The maximum atomic E-state index is 13.0. The lowest BCUT2D eigenvalue weighted by Crippen LogP contribution is -1.95. The molecule has 0 aliphatic carbocycles. The molecule has 0 aromatic heterocycles. The van der Waals surface area contributed by atoms with Crippen molar-refractivity contribution >= 4 is 22.0 Å². The number of halogens is 3. The molecule has 0 spiro atoms. The van der Waals surface area contributed by atoms with Crippen molar-refractivity contribution in [2.45, 2.75) is 6.42 Å². The summed E-state index contributed by atoms with van der Waals surface area (Å²) in [5.74, 6) is -1.20. The van der Waals surface area contributed by atoms with Crippen LogP contribution in [-0.4, -0.2) is 6.54 Å². The van der Waals surface area contributed by atoms with Crippen LogP contribution in [0.4, 0.5) is 8.78 Å². The van der Waals surface area contributed by atoms with Gasteiger partial charge < -0.3 is 5.73 Å². The van der Waals surface area contributed by atoms with Gasteiger partial charge in [-0.05, 0) is 46.6 Å².